The number of sulfone groups is 1. The Morgan fingerprint density at radius 1 is 0.861 bits per heavy atom. The first-order valence-corrected chi connectivity index (χ1v) is 13.5. The first kappa shape index (κ1) is 25.3. The van der Waals surface area contributed by atoms with Crippen molar-refractivity contribution in [3.05, 3.63) is 70.3 Å². The highest BCUT2D eigenvalue weighted by molar-refractivity contribution is 7.91. The van der Waals surface area contributed by atoms with Crippen LogP contribution in [0.4, 0.5) is 22.7 Å². The summed E-state index contributed by atoms with van der Waals surface area (Å²) in [5.41, 5.74) is 11.1. The number of aryl methyl sites for hydroxylation is 1. The van der Waals surface area contributed by atoms with E-state index in [1.807, 2.05) is 0 Å². The second-order valence-corrected chi connectivity index (χ2v) is 11.6. The van der Waals surface area contributed by atoms with E-state index in [1.165, 1.54) is 37.3 Å². The van der Waals surface area contributed by atoms with E-state index in [4.69, 9.17) is 16.6 Å². The molecule has 1 aliphatic carbocycles. The highest BCUT2D eigenvalue weighted by atomic mass is 32.2. The smallest absolute Gasteiger partial charge is 0.296 e. The van der Waals surface area contributed by atoms with E-state index in [0.717, 1.165) is 6.07 Å². The highest BCUT2D eigenvalue weighted by Crippen LogP contribution is 2.41. The number of hydrogen-bond donors (Lipinski definition) is 5. The van der Waals surface area contributed by atoms with Crippen molar-refractivity contribution < 1.29 is 36.1 Å². The molecule has 13 heteroatoms. The van der Waals surface area contributed by atoms with Gasteiger partial charge in [-0.2, -0.15) is 8.42 Å². The summed E-state index contributed by atoms with van der Waals surface area (Å²) in [5, 5.41) is 11.9. The number of hydrogen-bond acceptors (Lipinski definition) is 10. The second-order valence-electron chi connectivity index (χ2n) is 8.14. The number of nitrogens with two attached hydrogens (primary N) is 2. The molecule has 0 spiro atoms. The van der Waals surface area contributed by atoms with Crippen LogP contribution in [0.15, 0.2) is 52.3 Å². The molecular weight excluding hydrogens is 510 g/mol. The summed E-state index contributed by atoms with van der Waals surface area (Å²) in [6, 6.07) is 9.40. The fourth-order valence-electron chi connectivity index (χ4n) is 4.08. The largest absolute Gasteiger partial charge is 0.398 e. The molecule has 4 rings (SSSR count). The number of rotatable bonds is 6. The minimum atomic E-state index is -4.91. The number of anilines is 4. The normalized spacial score (nSPS) is 13.3. The average Bonchev–Trinajstić information content (AvgIpc) is 2.79. The lowest BCUT2D eigenvalue weighted by molar-refractivity contribution is 0.0980. The molecule has 36 heavy (non-hydrogen) atoms. The van der Waals surface area contributed by atoms with Gasteiger partial charge in [-0.3, -0.25) is 14.1 Å². The van der Waals surface area contributed by atoms with Gasteiger partial charge >= 0.3 is 0 Å². The zero-order valence-electron chi connectivity index (χ0n) is 18.8. The second kappa shape index (κ2) is 8.71. The van der Waals surface area contributed by atoms with Crippen LogP contribution in [-0.2, 0) is 20.0 Å². The van der Waals surface area contributed by atoms with E-state index in [-0.39, 0.29) is 44.2 Å². The number of benzene rings is 3. The molecule has 7 N–H and O–H groups in total. The van der Waals surface area contributed by atoms with Gasteiger partial charge in [-0.1, -0.05) is 24.3 Å². The van der Waals surface area contributed by atoms with E-state index >= 15 is 0 Å². The fourth-order valence-corrected chi connectivity index (χ4v) is 5.96. The van der Waals surface area contributed by atoms with Crippen molar-refractivity contribution in [2.75, 3.05) is 29.1 Å². The van der Waals surface area contributed by atoms with Crippen LogP contribution in [0.5, 0.6) is 0 Å². The molecule has 0 amide bonds. The van der Waals surface area contributed by atoms with Crippen LogP contribution in [0, 0.1) is 6.92 Å². The van der Waals surface area contributed by atoms with Crippen molar-refractivity contribution in [3.63, 3.8) is 0 Å². The molecule has 0 bridgehead atoms. The maximum atomic E-state index is 13.4. The molecule has 0 atom stereocenters. The lowest BCUT2D eigenvalue weighted by atomic mass is 9.82. The van der Waals surface area contributed by atoms with Crippen molar-refractivity contribution in [2.24, 2.45) is 0 Å². The quantitative estimate of drug-likeness (QED) is 0.179. The molecule has 0 heterocycles. The molecule has 0 saturated carbocycles. The lowest BCUT2D eigenvalue weighted by Gasteiger charge is -2.24. The molecule has 0 saturated heterocycles. The van der Waals surface area contributed by atoms with Crippen LogP contribution >= 0.6 is 0 Å². The van der Waals surface area contributed by atoms with Gasteiger partial charge in [-0.25, -0.2) is 8.42 Å². The number of fused-ring (bicyclic) bond motifs is 2. The number of nitrogen functional groups attached to an aromatic ring is 2. The zero-order chi connectivity index (χ0) is 26.6. The summed E-state index contributed by atoms with van der Waals surface area (Å²) in [6.45, 7) is 0.934. The lowest BCUT2D eigenvalue weighted by Crippen LogP contribution is -2.25. The molecule has 0 unspecified atom stereocenters. The van der Waals surface area contributed by atoms with Gasteiger partial charge < -0.3 is 21.9 Å². The Morgan fingerprint density at radius 2 is 1.44 bits per heavy atom. The molecule has 188 valence electrons. The zero-order valence-corrected chi connectivity index (χ0v) is 20.4. The first-order valence-electron chi connectivity index (χ1n) is 10.4. The van der Waals surface area contributed by atoms with Crippen molar-refractivity contribution in [3.8, 4) is 0 Å². The van der Waals surface area contributed by atoms with E-state index in [0.29, 0.717) is 5.56 Å². The Balaban J connectivity index is 1.96. The Labute approximate surface area is 206 Å². The van der Waals surface area contributed by atoms with Gasteiger partial charge in [0.25, 0.3) is 10.1 Å². The molecule has 1 aliphatic rings. The summed E-state index contributed by atoms with van der Waals surface area (Å²) in [4.78, 5) is 25.7. The maximum Gasteiger partial charge on any atom is 0.296 e. The van der Waals surface area contributed by atoms with Gasteiger partial charge in [0.1, 0.15) is 4.90 Å². The third-order valence-electron chi connectivity index (χ3n) is 5.80. The molecule has 11 nitrogen and oxygen atoms in total. The summed E-state index contributed by atoms with van der Waals surface area (Å²) in [5.74, 6) is -1.85. The van der Waals surface area contributed by atoms with Crippen LogP contribution < -0.4 is 16.8 Å². The standard InChI is InChI=1S/C23H21N3O8S2/c1-11-8-17(35(30,31)7-6-27)14(24)9-15(11)26-16-10-18(36(32,33)34)21(25)20-19(16)22(28)12-4-2-3-5-13(12)23(20)29/h2-5,8-10,26-27H,6-7,24-25H2,1H3,(H,32,33,34). The van der Waals surface area contributed by atoms with Gasteiger partial charge in [0.05, 0.1) is 45.4 Å². The monoisotopic (exact) mass is 531 g/mol. The van der Waals surface area contributed by atoms with Crippen LogP contribution in [-0.4, -0.2) is 50.4 Å². The predicted octanol–water partition coefficient (Wildman–Crippen LogP) is 1.69. The number of carbonyl (C=O) groups excluding carboxylic acids is 2. The SMILES string of the molecule is Cc1cc(S(=O)(=O)CCO)c(N)cc1Nc1cc(S(=O)(=O)O)c(N)c2c1C(=O)c1ccccc1C2=O. The maximum absolute atomic E-state index is 13.4. The topological polar surface area (TPSA) is 207 Å². The van der Waals surface area contributed by atoms with Gasteiger partial charge in [-0.05, 0) is 30.7 Å². The minimum Gasteiger partial charge on any atom is -0.398 e. The van der Waals surface area contributed by atoms with Gasteiger partial charge in [0.2, 0.25) is 0 Å². The van der Waals surface area contributed by atoms with Crippen LogP contribution in [0.1, 0.15) is 37.4 Å². The average molecular weight is 532 g/mol. The Kier molecular flexibility index (Phi) is 6.12. The molecule has 0 radical (unpaired) electrons. The Bertz CT molecular complexity index is 1680. The molecule has 0 aliphatic heterocycles. The minimum absolute atomic E-state index is 0.0269. The third kappa shape index (κ3) is 4.11. The summed E-state index contributed by atoms with van der Waals surface area (Å²) >= 11 is 0. The van der Waals surface area contributed by atoms with E-state index in [9.17, 15) is 31.0 Å². The van der Waals surface area contributed by atoms with Gasteiger partial charge in [-0.15, -0.1) is 0 Å². The van der Waals surface area contributed by atoms with E-state index in [1.54, 1.807) is 6.07 Å². The van der Waals surface area contributed by atoms with Crippen molar-refractivity contribution in [2.45, 2.75) is 16.7 Å². The molecular formula is C23H21N3O8S2. The van der Waals surface area contributed by atoms with Crippen molar-refractivity contribution in [1.29, 1.82) is 0 Å². The van der Waals surface area contributed by atoms with Crippen molar-refractivity contribution >= 4 is 54.3 Å². The number of aliphatic hydroxyl groups is 1. The third-order valence-corrected chi connectivity index (χ3v) is 8.44. The van der Waals surface area contributed by atoms with Crippen LogP contribution in [0.2, 0.25) is 0 Å². The number of nitrogens with one attached hydrogen (secondary N) is 1. The Morgan fingerprint density at radius 3 is 2.00 bits per heavy atom. The summed E-state index contributed by atoms with van der Waals surface area (Å²) in [6.07, 6.45) is 0. The van der Waals surface area contributed by atoms with Crippen LogP contribution in [0.25, 0.3) is 0 Å². The molecule has 0 aromatic heterocycles. The Hall–Kier alpha value is -3.78. The summed E-state index contributed by atoms with van der Waals surface area (Å²) in [7, 11) is -8.79. The summed E-state index contributed by atoms with van der Waals surface area (Å²) < 4.78 is 58.7. The van der Waals surface area contributed by atoms with E-state index < -0.39 is 54.5 Å². The number of ketones is 2. The predicted molar refractivity (Wildman–Crippen MR) is 132 cm³/mol. The molecule has 3 aromatic carbocycles. The molecule has 3 aromatic rings. The fraction of sp³-hybridized carbons (Fsp3) is 0.130. The number of aliphatic hydroxyl groups excluding tert-OH is 1. The van der Waals surface area contributed by atoms with E-state index in [2.05, 4.69) is 5.32 Å². The molecule has 0 fully saturated rings. The highest BCUT2D eigenvalue weighted by Gasteiger charge is 2.36. The first-order chi connectivity index (χ1) is 16.8. The van der Waals surface area contributed by atoms with Gasteiger partial charge in [0.15, 0.2) is 21.4 Å². The van der Waals surface area contributed by atoms with Crippen LogP contribution in [0.3, 0.4) is 0 Å². The number of carbonyl (C=O) groups is 2. The van der Waals surface area contributed by atoms with Gasteiger partial charge in [0, 0.05) is 16.8 Å². The van der Waals surface area contributed by atoms with Crippen molar-refractivity contribution in [1.82, 2.24) is 0 Å².